The van der Waals surface area contributed by atoms with Crippen molar-refractivity contribution in [3.63, 3.8) is 0 Å². The van der Waals surface area contributed by atoms with E-state index in [4.69, 9.17) is 44.0 Å². The SMILES string of the molecule is Nc1nc(N)c(N)c(O)n1.Nc1nc(O)nc(O)c1N. The van der Waals surface area contributed by atoms with Crippen LogP contribution in [0.15, 0.2) is 0 Å². The summed E-state index contributed by atoms with van der Waals surface area (Å²) in [4.78, 5) is 13.2. The predicted molar refractivity (Wildman–Crippen MR) is 71.1 cm³/mol. The van der Waals surface area contributed by atoms with E-state index in [0.29, 0.717) is 0 Å². The fraction of sp³-hybridized carbons (Fsp3) is 0. The molecule has 2 aromatic heterocycles. The summed E-state index contributed by atoms with van der Waals surface area (Å²) in [6.45, 7) is 0. The molecule has 13 N–H and O–H groups in total. The van der Waals surface area contributed by atoms with Crippen LogP contribution in [0.25, 0.3) is 0 Å². The van der Waals surface area contributed by atoms with Crippen molar-refractivity contribution in [2.45, 2.75) is 0 Å². The van der Waals surface area contributed by atoms with Crippen LogP contribution in [-0.2, 0) is 0 Å². The van der Waals surface area contributed by atoms with Crippen molar-refractivity contribution in [1.29, 1.82) is 0 Å². The smallest absolute Gasteiger partial charge is 0.319 e. The minimum Gasteiger partial charge on any atom is -0.492 e. The summed E-state index contributed by atoms with van der Waals surface area (Å²) in [5.41, 5.74) is 25.6. The van der Waals surface area contributed by atoms with Gasteiger partial charge in [-0.25, -0.2) is 0 Å². The molecule has 2 rings (SSSR count). The largest absolute Gasteiger partial charge is 0.492 e. The second-order valence-corrected chi connectivity index (χ2v) is 3.35. The van der Waals surface area contributed by atoms with Crippen LogP contribution in [0.1, 0.15) is 0 Å². The van der Waals surface area contributed by atoms with E-state index < -0.39 is 11.9 Å². The quantitative estimate of drug-likeness (QED) is 0.261. The van der Waals surface area contributed by atoms with Gasteiger partial charge in [-0.05, 0) is 0 Å². The molecule has 0 saturated heterocycles. The Labute approximate surface area is 111 Å². The van der Waals surface area contributed by atoms with Crippen LogP contribution in [0.4, 0.5) is 29.0 Å². The molecule has 0 spiro atoms. The first kappa shape index (κ1) is 14.6. The van der Waals surface area contributed by atoms with E-state index in [1.165, 1.54) is 0 Å². The second kappa shape index (κ2) is 5.47. The summed E-state index contributed by atoms with van der Waals surface area (Å²) < 4.78 is 0. The van der Waals surface area contributed by atoms with Gasteiger partial charge in [0.05, 0.1) is 0 Å². The highest BCUT2D eigenvalue weighted by molar-refractivity contribution is 5.65. The molecule has 0 aliphatic carbocycles. The van der Waals surface area contributed by atoms with Gasteiger partial charge in [0.1, 0.15) is 11.4 Å². The molecule has 0 atom stereocenters. The molecule has 0 saturated carbocycles. The van der Waals surface area contributed by atoms with Crippen LogP contribution in [0.3, 0.4) is 0 Å². The standard InChI is InChI=1S/C4H7N5O.C4H6N4O2/c5-1-2(6)8-4(7)9-3(1)10;5-1-2(6)7-4(10)8-3(1)9/h5H2,(H5,6,7,8,9,10);5H2,(H4,6,7,8,9,10). The molecular formula is C8H13N9O3. The molecule has 0 bridgehead atoms. The number of nitrogens with two attached hydrogens (primary N) is 5. The number of aromatic hydroxyl groups is 3. The molecular weight excluding hydrogens is 270 g/mol. The average Bonchev–Trinajstić information content (AvgIpc) is 2.33. The van der Waals surface area contributed by atoms with Gasteiger partial charge in [-0.1, -0.05) is 0 Å². The molecule has 12 nitrogen and oxygen atoms in total. The maximum absolute atomic E-state index is 8.84. The number of rotatable bonds is 0. The van der Waals surface area contributed by atoms with E-state index in [1.54, 1.807) is 0 Å². The maximum Gasteiger partial charge on any atom is 0.319 e. The molecule has 0 unspecified atom stereocenters. The molecule has 0 radical (unpaired) electrons. The lowest BCUT2D eigenvalue weighted by atomic mass is 10.5. The van der Waals surface area contributed by atoms with E-state index >= 15 is 0 Å². The molecule has 2 heterocycles. The van der Waals surface area contributed by atoms with Crippen molar-refractivity contribution < 1.29 is 15.3 Å². The van der Waals surface area contributed by atoms with Crippen LogP contribution in [0, 0.1) is 0 Å². The van der Waals surface area contributed by atoms with E-state index in [0.717, 1.165) is 0 Å². The number of nitrogen functional groups attached to an aromatic ring is 5. The molecule has 108 valence electrons. The first-order valence-electron chi connectivity index (χ1n) is 4.90. The zero-order valence-corrected chi connectivity index (χ0v) is 10.0. The summed E-state index contributed by atoms with van der Waals surface area (Å²) in [6.07, 6.45) is 0. The third-order valence-electron chi connectivity index (χ3n) is 1.92. The number of hydrogen-bond donors (Lipinski definition) is 8. The third-order valence-corrected chi connectivity index (χ3v) is 1.92. The third kappa shape index (κ3) is 3.28. The number of nitrogens with zero attached hydrogens (tertiary/aromatic N) is 4. The Morgan fingerprint density at radius 3 is 1.50 bits per heavy atom. The van der Waals surface area contributed by atoms with Gasteiger partial charge in [0.25, 0.3) is 0 Å². The molecule has 0 aromatic carbocycles. The first-order chi connectivity index (χ1) is 9.22. The zero-order valence-electron chi connectivity index (χ0n) is 10.0. The summed E-state index contributed by atoms with van der Waals surface area (Å²) in [5.74, 6) is -1.13. The lowest BCUT2D eigenvalue weighted by Gasteiger charge is -2.00. The summed E-state index contributed by atoms with van der Waals surface area (Å²) in [5, 5.41) is 26.2. The topological polar surface area (TPSA) is 242 Å². The Hall–Kier alpha value is -3.44. The Morgan fingerprint density at radius 2 is 1.05 bits per heavy atom. The highest BCUT2D eigenvalue weighted by Gasteiger charge is 2.06. The number of anilines is 5. The van der Waals surface area contributed by atoms with Crippen LogP contribution in [0.2, 0.25) is 0 Å². The van der Waals surface area contributed by atoms with E-state index in [-0.39, 0.29) is 34.8 Å². The molecule has 0 fully saturated rings. The van der Waals surface area contributed by atoms with Crippen molar-refractivity contribution >= 4 is 29.0 Å². The minimum atomic E-state index is -0.593. The fourth-order valence-corrected chi connectivity index (χ4v) is 0.954. The molecule has 2 aromatic rings. The van der Waals surface area contributed by atoms with Crippen molar-refractivity contribution in [3.8, 4) is 17.8 Å². The Balaban J connectivity index is 0.000000200. The van der Waals surface area contributed by atoms with Crippen molar-refractivity contribution in [2.75, 3.05) is 28.7 Å². The van der Waals surface area contributed by atoms with Crippen LogP contribution >= 0.6 is 0 Å². The monoisotopic (exact) mass is 283 g/mol. The Morgan fingerprint density at radius 1 is 0.600 bits per heavy atom. The van der Waals surface area contributed by atoms with Gasteiger partial charge in [0.15, 0.2) is 11.6 Å². The Bertz CT molecular complexity index is 531. The summed E-state index contributed by atoms with van der Waals surface area (Å²) in [7, 11) is 0. The molecule has 0 aliphatic rings. The predicted octanol–water partition coefficient (Wildman–Crippen LogP) is -2.02. The maximum atomic E-state index is 8.84. The van der Waals surface area contributed by atoms with Crippen LogP contribution in [0.5, 0.6) is 17.8 Å². The van der Waals surface area contributed by atoms with Crippen LogP contribution in [-0.4, -0.2) is 35.3 Å². The lowest BCUT2D eigenvalue weighted by Crippen LogP contribution is -2.03. The van der Waals surface area contributed by atoms with E-state index in [2.05, 4.69) is 19.9 Å². The number of aromatic nitrogens is 4. The van der Waals surface area contributed by atoms with Gasteiger partial charge < -0.3 is 44.0 Å². The van der Waals surface area contributed by atoms with Gasteiger partial charge in [-0.3, -0.25) is 0 Å². The molecule has 0 amide bonds. The van der Waals surface area contributed by atoms with Gasteiger partial charge in [0.2, 0.25) is 17.7 Å². The summed E-state index contributed by atoms with van der Waals surface area (Å²) in [6, 6.07) is -0.593. The Kier molecular flexibility index (Phi) is 4.00. The average molecular weight is 283 g/mol. The first-order valence-corrected chi connectivity index (χ1v) is 4.90. The second-order valence-electron chi connectivity index (χ2n) is 3.35. The fourth-order valence-electron chi connectivity index (χ4n) is 0.954. The van der Waals surface area contributed by atoms with Crippen molar-refractivity contribution in [1.82, 2.24) is 19.9 Å². The molecule has 20 heavy (non-hydrogen) atoms. The van der Waals surface area contributed by atoms with E-state index in [1.807, 2.05) is 0 Å². The highest BCUT2D eigenvalue weighted by atomic mass is 16.3. The molecule has 12 heteroatoms. The van der Waals surface area contributed by atoms with Gasteiger partial charge in [0, 0.05) is 0 Å². The highest BCUT2D eigenvalue weighted by Crippen LogP contribution is 2.23. The van der Waals surface area contributed by atoms with Gasteiger partial charge in [-0.2, -0.15) is 19.9 Å². The number of hydrogen-bond acceptors (Lipinski definition) is 12. The van der Waals surface area contributed by atoms with Crippen molar-refractivity contribution in [3.05, 3.63) is 0 Å². The van der Waals surface area contributed by atoms with Crippen molar-refractivity contribution in [2.24, 2.45) is 0 Å². The van der Waals surface area contributed by atoms with E-state index in [9.17, 15) is 0 Å². The van der Waals surface area contributed by atoms with Gasteiger partial charge in [-0.15, -0.1) is 0 Å². The minimum absolute atomic E-state index is 0.00926. The zero-order chi connectivity index (χ0) is 15.4. The van der Waals surface area contributed by atoms with Crippen LogP contribution < -0.4 is 28.7 Å². The normalized spacial score (nSPS) is 9.60. The summed E-state index contributed by atoms with van der Waals surface area (Å²) >= 11 is 0. The lowest BCUT2D eigenvalue weighted by molar-refractivity contribution is 0.400. The van der Waals surface area contributed by atoms with Gasteiger partial charge >= 0.3 is 6.01 Å². The molecule has 0 aliphatic heterocycles.